The molecule has 0 unspecified atom stereocenters. The van der Waals surface area contributed by atoms with E-state index in [9.17, 15) is 9.18 Å². The molecular weight excluding hydrogens is 379 g/mol. The van der Waals surface area contributed by atoms with Crippen molar-refractivity contribution >= 4 is 17.2 Å². The molecule has 3 aromatic rings. The third kappa shape index (κ3) is 3.00. The Morgan fingerprint density at radius 1 is 1.11 bits per heavy atom. The summed E-state index contributed by atoms with van der Waals surface area (Å²) in [5, 5.41) is 9.58. The van der Waals surface area contributed by atoms with Gasteiger partial charge in [0.25, 0.3) is 5.91 Å². The average molecular weight is 398 g/mol. The first kappa shape index (κ1) is 17.4. The Kier molecular flexibility index (Phi) is 4.21. The standard InChI is InChI=1S/C19H19FN6OS/c1-24-7-6-14-15(10-24)28-18(21-14)17-23-22-16-11-25(8-9-26(16)17)19(27)12-2-4-13(20)5-3-12/h2-5H,6-11H2,1H3. The normalized spacial score (nSPS) is 16.7. The molecule has 144 valence electrons. The lowest BCUT2D eigenvalue weighted by atomic mass is 10.2. The molecule has 7 nitrogen and oxygen atoms in total. The maximum Gasteiger partial charge on any atom is 0.254 e. The van der Waals surface area contributed by atoms with Crippen LogP contribution < -0.4 is 0 Å². The summed E-state index contributed by atoms with van der Waals surface area (Å²) in [5.41, 5.74) is 1.64. The number of nitrogens with zero attached hydrogens (tertiary/aromatic N) is 6. The van der Waals surface area contributed by atoms with Crippen LogP contribution in [0.4, 0.5) is 4.39 Å². The molecule has 5 rings (SSSR count). The van der Waals surface area contributed by atoms with Gasteiger partial charge in [-0.2, -0.15) is 0 Å². The highest BCUT2D eigenvalue weighted by Gasteiger charge is 2.28. The zero-order chi connectivity index (χ0) is 19.3. The van der Waals surface area contributed by atoms with Gasteiger partial charge in [0.15, 0.2) is 16.7 Å². The number of hydrogen-bond acceptors (Lipinski definition) is 6. The van der Waals surface area contributed by atoms with Crippen molar-refractivity contribution in [2.45, 2.75) is 26.1 Å². The van der Waals surface area contributed by atoms with Gasteiger partial charge in [-0.05, 0) is 31.3 Å². The number of thiazole rings is 1. The first-order valence-electron chi connectivity index (χ1n) is 9.23. The van der Waals surface area contributed by atoms with Crippen LogP contribution in [0.3, 0.4) is 0 Å². The maximum atomic E-state index is 13.1. The topological polar surface area (TPSA) is 67.2 Å². The Morgan fingerprint density at radius 2 is 1.93 bits per heavy atom. The van der Waals surface area contributed by atoms with Crippen LogP contribution in [0, 0.1) is 5.82 Å². The van der Waals surface area contributed by atoms with E-state index in [4.69, 9.17) is 4.98 Å². The second kappa shape index (κ2) is 6.75. The summed E-state index contributed by atoms with van der Waals surface area (Å²) in [6.07, 6.45) is 0.962. The van der Waals surface area contributed by atoms with E-state index in [1.54, 1.807) is 16.2 Å². The Bertz CT molecular complexity index is 1040. The van der Waals surface area contributed by atoms with Crippen molar-refractivity contribution in [3.63, 3.8) is 0 Å². The van der Waals surface area contributed by atoms with E-state index >= 15 is 0 Å². The Morgan fingerprint density at radius 3 is 2.75 bits per heavy atom. The third-order valence-electron chi connectivity index (χ3n) is 5.24. The van der Waals surface area contributed by atoms with Crippen LogP contribution in [0.5, 0.6) is 0 Å². The molecule has 0 saturated heterocycles. The smallest absolute Gasteiger partial charge is 0.254 e. The average Bonchev–Trinajstić information content (AvgIpc) is 3.30. The molecule has 0 aliphatic carbocycles. The molecule has 0 saturated carbocycles. The fourth-order valence-electron chi connectivity index (χ4n) is 3.68. The van der Waals surface area contributed by atoms with E-state index in [0.29, 0.717) is 25.2 Å². The fourth-order valence-corrected chi connectivity index (χ4v) is 4.87. The lowest BCUT2D eigenvalue weighted by Gasteiger charge is -2.27. The number of fused-ring (bicyclic) bond motifs is 2. The van der Waals surface area contributed by atoms with E-state index in [1.165, 1.54) is 34.8 Å². The highest BCUT2D eigenvalue weighted by Crippen LogP contribution is 2.31. The van der Waals surface area contributed by atoms with Crippen molar-refractivity contribution in [3.05, 3.63) is 52.0 Å². The Hall–Kier alpha value is -2.65. The lowest BCUT2D eigenvalue weighted by Crippen LogP contribution is -2.38. The molecular formula is C19H19FN6OS. The van der Waals surface area contributed by atoms with Crippen molar-refractivity contribution in [1.82, 2.24) is 29.5 Å². The van der Waals surface area contributed by atoms with Gasteiger partial charge in [0, 0.05) is 43.0 Å². The number of benzene rings is 1. The summed E-state index contributed by atoms with van der Waals surface area (Å²) in [6.45, 7) is 3.51. The van der Waals surface area contributed by atoms with Crippen molar-refractivity contribution < 1.29 is 9.18 Å². The minimum atomic E-state index is -0.350. The van der Waals surface area contributed by atoms with E-state index in [-0.39, 0.29) is 11.7 Å². The quantitative estimate of drug-likeness (QED) is 0.662. The van der Waals surface area contributed by atoms with Gasteiger partial charge in [0.05, 0.1) is 12.2 Å². The van der Waals surface area contributed by atoms with Crippen LogP contribution in [0.2, 0.25) is 0 Å². The van der Waals surface area contributed by atoms with Crippen LogP contribution in [0.1, 0.15) is 26.8 Å². The van der Waals surface area contributed by atoms with Crippen molar-refractivity contribution in [2.24, 2.45) is 0 Å². The van der Waals surface area contributed by atoms with Gasteiger partial charge in [-0.1, -0.05) is 0 Å². The third-order valence-corrected chi connectivity index (χ3v) is 6.32. The molecule has 9 heteroatoms. The van der Waals surface area contributed by atoms with Gasteiger partial charge < -0.3 is 14.4 Å². The van der Waals surface area contributed by atoms with Crippen molar-refractivity contribution in [2.75, 3.05) is 20.1 Å². The predicted octanol–water partition coefficient (Wildman–Crippen LogP) is 2.18. The zero-order valence-corrected chi connectivity index (χ0v) is 16.2. The predicted molar refractivity (Wildman–Crippen MR) is 102 cm³/mol. The molecule has 0 spiro atoms. The highest BCUT2D eigenvalue weighted by molar-refractivity contribution is 7.15. The van der Waals surface area contributed by atoms with Crippen LogP contribution >= 0.6 is 11.3 Å². The van der Waals surface area contributed by atoms with Crippen LogP contribution in [-0.4, -0.2) is 55.6 Å². The molecule has 2 aliphatic heterocycles. The van der Waals surface area contributed by atoms with Crippen LogP contribution in [0.15, 0.2) is 24.3 Å². The molecule has 0 N–H and O–H groups in total. The summed E-state index contributed by atoms with van der Waals surface area (Å²) in [5.74, 6) is 1.06. The molecule has 2 aliphatic rings. The number of likely N-dealkylation sites (N-methyl/N-ethyl adjacent to an activating group) is 1. The van der Waals surface area contributed by atoms with Crippen molar-refractivity contribution in [1.29, 1.82) is 0 Å². The molecule has 2 aromatic heterocycles. The van der Waals surface area contributed by atoms with Gasteiger partial charge >= 0.3 is 0 Å². The monoisotopic (exact) mass is 398 g/mol. The zero-order valence-electron chi connectivity index (χ0n) is 15.4. The molecule has 28 heavy (non-hydrogen) atoms. The molecule has 0 fully saturated rings. The van der Waals surface area contributed by atoms with E-state index in [1.807, 2.05) is 0 Å². The number of carbonyl (C=O) groups excluding carboxylic acids is 1. The molecule has 0 atom stereocenters. The van der Waals surface area contributed by atoms with Gasteiger partial charge in [0.2, 0.25) is 0 Å². The number of halogens is 1. The van der Waals surface area contributed by atoms with Gasteiger partial charge in [-0.15, -0.1) is 21.5 Å². The molecule has 1 amide bonds. The summed E-state index contributed by atoms with van der Waals surface area (Å²) < 4.78 is 15.2. The fraction of sp³-hybridized carbons (Fsp3) is 0.368. The number of amides is 1. The largest absolute Gasteiger partial charge is 0.329 e. The SMILES string of the molecule is CN1CCc2nc(-c3nnc4n3CCN(C(=O)c3ccc(F)cc3)C4)sc2C1. The number of carbonyl (C=O) groups is 1. The molecule has 0 radical (unpaired) electrons. The van der Waals surface area contributed by atoms with Gasteiger partial charge in [0.1, 0.15) is 5.82 Å². The number of aromatic nitrogens is 4. The van der Waals surface area contributed by atoms with Gasteiger partial charge in [-0.25, -0.2) is 9.37 Å². The van der Waals surface area contributed by atoms with E-state index in [2.05, 4.69) is 26.7 Å². The summed E-state index contributed by atoms with van der Waals surface area (Å²) >= 11 is 1.68. The summed E-state index contributed by atoms with van der Waals surface area (Å²) in [4.78, 5) is 22.8. The van der Waals surface area contributed by atoms with Crippen LogP contribution in [0.25, 0.3) is 10.8 Å². The first-order chi connectivity index (χ1) is 13.6. The summed E-state index contributed by atoms with van der Waals surface area (Å²) in [7, 11) is 2.12. The van der Waals surface area contributed by atoms with Crippen molar-refractivity contribution in [3.8, 4) is 10.8 Å². The number of rotatable bonds is 2. The van der Waals surface area contributed by atoms with Crippen LogP contribution in [-0.2, 0) is 26.1 Å². The maximum absolute atomic E-state index is 13.1. The van der Waals surface area contributed by atoms with E-state index in [0.717, 1.165) is 36.2 Å². The molecule has 0 bridgehead atoms. The second-order valence-corrected chi connectivity index (χ2v) is 8.29. The summed E-state index contributed by atoms with van der Waals surface area (Å²) in [6, 6.07) is 5.64. The van der Waals surface area contributed by atoms with E-state index < -0.39 is 0 Å². The molecule has 1 aromatic carbocycles. The minimum Gasteiger partial charge on any atom is -0.329 e. The molecule has 4 heterocycles. The Balaban J connectivity index is 1.38. The highest BCUT2D eigenvalue weighted by atomic mass is 32.1. The minimum absolute atomic E-state index is 0.122. The lowest BCUT2D eigenvalue weighted by molar-refractivity contribution is 0.0708. The second-order valence-electron chi connectivity index (χ2n) is 7.20. The van der Waals surface area contributed by atoms with Gasteiger partial charge in [-0.3, -0.25) is 4.79 Å². The number of hydrogen-bond donors (Lipinski definition) is 0. The first-order valence-corrected chi connectivity index (χ1v) is 10.0. The Labute approximate surface area is 165 Å².